The average Bonchev–Trinajstić information content (AvgIpc) is 2.87. The fourth-order valence-electron chi connectivity index (χ4n) is 4.38. The minimum atomic E-state index is -3.59. The molecule has 0 spiro atoms. The molecule has 1 saturated heterocycles. The van der Waals surface area contributed by atoms with Gasteiger partial charge in [0.05, 0.1) is 34.8 Å². The summed E-state index contributed by atoms with van der Waals surface area (Å²) < 4.78 is 45.9. The number of ether oxygens (including phenoxy) is 1. The molecular formula is C26H32FN5O3S. The summed E-state index contributed by atoms with van der Waals surface area (Å²) in [5, 5.41) is 8.73. The van der Waals surface area contributed by atoms with Crippen molar-refractivity contribution < 1.29 is 17.5 Å². The molecule has 0 saturated carbocycles. The second-order valence-corrected chi connectivity index (χ2v) is 11.6. The molecule has 0 unspecified atom stereocenters. The SMILES string of the molecule is COc1cc(C2CCNCC2)c(C)cc1Nc1ncc(F)c(Nc2ccccc2S(=O)(=O)C(C)C)n1. The molecule has 3 N–H and O–H groups in total. The van der Waals surface area contributed by atoms with Crippen LogP contribution < -0.4 is 20.7 Å². The Kier molecular flexibility index (Phi) is 7.75. The van der Waals surface area contributed by atoms with Crippen LogP contribution in [-0.2, 0) is 9.84 Å². The molecule has 1 aliphatic heterocycles. The molecule has 0 aliphatic carbocycles. The maximum absolute atomic E-state index is 14.7. The number of piperidine rings is 1. The van der Waals surface area contributed by atoms with E-state index in [2.05, 4.69) is 32.8 Å². The predicted molar refractivity (Wildman–Crippen MR) is 140 cm³/mol. The molecule has 8 nitrogen and oxygen atoms in total. The first-order chi connectivity index (χ1) is 17.2. The fourth-order valence-corrected chi connectivity index (χ4v) is 5.58. The zero-order chi connectivity index (χ0) is 25.9. The van der Waals surface area contributed by atoms with Crippen LogP contribution in [0.15, 0.2) is 47.5 Å². The zero-order valence-electron chi connectivity index (χ0n) is 20.9. The van der Waals surface area contributed by atoms with Gasteiger partial charge < -0.3 is 20.7 Å². The maximum atomic E-state index is 14.7. The van der Waals surface area contributed by atoms with Crippen LogP contribution in [0.3, 0.4) is 0 Å². The lowest BCUT2D eigenvalue weighted by Crippen LogP contribution is -2.27. The summed E-state index contributed by atoms with van der Waals surface area (Å²) in [7, 11) is -1.99. The number of nitrogens with zero attached hydrogens (tertiary/aromatic N) is 2. The van der Waals surface area contributed by atoms with E-state index in [0.29, 0.717) is 17.4 Å². The van der Waals surface area contributed by atoms with Gasteiger partial charge in [-0.05, 0) is 88.0 Å². The molecule has 1 fully saturated rings. The number of nitrogens with one attached hydrogen (secondary N) is 3. The molecule has 0 atom stereocenters. The normalized spacial score (nSPS) is 14.6. The lowest BCUT2D eigenvalue weighted by molar-refractivity contribution is 0.413. The van der Waals surface area contributed by atoms with Crippen molar-refractivity contribution in [3.8, 4) is 5.75 Å². The van der Waals surface area contributed by atoms with Crippen LogP contribution >= 0.6 is 0 Å². The highest BCUT2D eigenvalue weighted by molar-refractivity contribution is 7.92. The number of aryl methyl sites for hydroxylation is 1. The molecule has 0 bridgehead atoms. The first kappa shape index (κ1) is 25.8. The second-order valence-electron chi connectivity index (χ2n) is 9.16. The molecule has 4 rings (SSSR count). The molecule has 2 heterocycles. The number of hydrogen-bond acceptors (Lipinski definition) is 8. The third kappa shape index (κ3) is 5.44. The number of methoxy groups -OCH3 is 1. The van der Waals surface area contributed by atoms with Crippen molar-refractivity contribution in [2.45, 2.75) is 49.7 Å². The van der Waals surface area contributed by atoms with E-state index in [4.69, 9.17) is 4.74 Å². The Hall–Kier alpha value is -3.24. The summed E-state index contributed by atoms with van der Waals surface area (Å²) in [4.78, 5) is 8.44. The Morgan fingerprint density at radius 3 is 2.53 bits per heavy atom. The van der Waals surface area contributed by atoms with Crippen LogP contribution in [0, 0.1) is 12.7 Å². The van der Waals surface area contributed by atoms with Crippen LogP contribution in [0.2, 0.25) is 0 Å². The van der Waals surface area contributed by atoms with E-state index in [1.807, 2.05) is 12.1 Å². The highest BCUT2D eigenvalue weighted by Gasteiger charge is 2.24. The van der Waals surface area contributed by atoms with Gasteiger partial charge in [-0.25, -0.2) is 17.8 Å². The minimum absolute atomic E-state index is 0.0818. The summed E-state index contributed by atoms with van der Waals surface area (Å²) in [6, 6.07) is 10.4. The first-order valence-corrected chi connectivity index (χ1v) is 13.5. The van der Waals surface area contributed by atoms with Gasteiger partial charge in [0.1, 0.15) is 5.75 Å². The van der Waals surface area contributed by atoms with Gasteiger partial charge in [-0.15, -0.1) is 0 Å². The quantitative estimate of drug-likeness (QED) is 0.384. The van der Waals surface area contributed by atoms with Crippen LogP contribution in [0.25, 0.3) is 0 Å². The van der Waals surface area contributed by atoms with Crippen LogP contribution in [0.1, 0.15) is 43.7 Å². The summed E-state index contributed by atoms with van der Waals surface area (Å²) in [5.41, 5.74) is 3.28. The number of sulfone groups is 1. The highest BCUT2D eigenvalue weighted by Crippen LogP contribution is 2.36. The molecule has 10 heteroatoms. The summed E-state index contributed by atoms with van der Waals surface area (Å²) in [6.45, 7) is 7.25. The minimum Gasteiger partial charge on any atom is -0.495 e. The van der Waals surface area contributed by atoms with Gasteiger partial charge in [-0.3, -0.25) is 0 Å². The molecule has 36 heavy (non-hydrogen) atoms. The molecule has 1 aliphatic rings. The Labute approximate surface area is 211 Å². The van der Waals surface area contributed by atoms with Gasteiger partial charge >= 0.3 is 0 Å². The van der Waals surface area contributed by atoms with Gasteiger partial charge in [0.15, 0.2) is 21.5 Å². The van der Waals surface area contributed by atoms with Gasteiger partial charge in [-0.1, -0.05) is 12.1 Å². The lowest BCUT2D eigenvalue weighted by Gasteiger charge is -2.25. The monoisotopic (exact) mass is 513 g/mol. The van der Waals surface area contributed by atoms with Gasteiger partial charge in [-0.2, -0.15) is 4.98 Å². The number of aromatic nitrogens is 2. The van der Waals surface area contributed by atoms with E-state index in [0.717, 1.165) is 37.7 Å². The fraction of sp³-hybridized carbons (Fsp3) is 0.385. The van der Waals surface area contributed by atoms with Crippen molar-refractivity contribution in [3.63, 3.8) is 0 Å². The lowest BCUT2D eigenvalue weighted by atomic mass is 9.87. The number of hydrogen-bond donors (Lipinski definition) is 3. The zero-order valence-corrected chi connectivity index (χ0v) is 21.7. The Morgan fingerprint density at radius 2 is 1.83 bits per heavy atom. The summed E-state index contributed by atoms with van der Waals surface area (Å²) >= 11 is 0. The molecule has 2 aromatic carbocycles. The number of benzene rings is 2. The predicted octanol–water partition coefficient (Wildman–Crippen LogP) is 5.07. The van der Waals surface area contributed by atoms with E-state index in [1.54, 1.807) is 39.2 Å². The van der Waals surface area contributed by atoms with E-state index in [1.165, 1.54) is 11.6 Å². The van der Waals surface area contributed by atoms with E-state index >= 15 is 0 Å². The van der Waals surface area contributed by atoms with Crippen LogP contribution in [-0.4, -0.2) is 43.8 Å². The van der Waals surface area contributed by atoms with E-state index in [9.17, 15) is 12.8 Å². The molecule has 0 radical (unpaired) electrons. The third-order valence-corrected chi connectivity index (χ3v) is 8.64. The van der Waals surface area contributed by atoms with Crippen molar-refractivity contribution in [3.05, 3.63) is 59.5 Å². The Balaban J connectivity index is 1.63. The molecule has 1 aromatic heterocycles. The van der Waals surface area contributed by atoms with Crippen molar-refractivity contribution in [2.24, 2.45) is 0 Å². The Bertz CT molecular complexity index is 1340. The average molecular weight is 514 g/mol. The number of halogens is 1. The van der Waals surface area contributed by atoms with Gasteiger partial charge in [0.2, 0.25) is 5.95 Å². The molecular weight excluding hydrogens is 481 g/mol. The van der Waals surface area contributed by atoms with Crippen molar-refractivity contribution >= 4 is 33.0 Å². The van der Waals surface area contributed by atoms with Crippen molar-refractivity contribution in [2.75, 3.05) is 30.8 Å². The van der Waals surface area contributed by atoms with E-state index < -0.39 is 20.9 Å². The third-order valence-electron chi connectivity index (χ3n) is 6.42. The van der Waals surface area contributed by atoms with Crippen LogP contribution in [0.4, 0.5) is 27.5 Å². The van der Waals surface area contributed by atoms with Crippen LogP contribution in [0.5, 0.6) is 5.75 Å². The number of para-hydroxylation sites is 1. The first-order valence-electron chi connectivity index (χ1n) is 12.0. The maximum Gasteiger partial charge on any atom is 0.229 e. The van der Waals surface area contributed by atoms with Gasteiger partial charge in [0, 0.05) is 0 Å². The smallest absolute Gasteiger partial charge is 0.229 e. The number of rotatable bonds is 8. The Morgan fingerprint density at radius 1 is 1.11 bits per heavy atom. The largest absolute Gasteiger partial charge is 0.495 e. The highest BCUT2D eigenvalue weighted by atomic mass is 32.2. The van der Waals surface area contributed by atoms with Crippen molar-refractivity contribution in [1.29, 1.82) is 0 Å². The van der Waals surface area contributed by atoms with Gasteiger partial charge in [0.25, 0.3) is 0 Å². The standard InChI is InChI=1S/C26H32FN5O3S/c1-16(2)36(33,34)24-8-6-5-7-21(24)30-25-20(27)15-29-26(32-25)31-22-13-17(3)19(14-23(22)35-4)18-9-11-28-12-10-18/h5-8,13-16,18,28H,9-12H2,1-4H3,(H2,29,30,31,32). The molecule has 3 aromatic rings. The second kappa shape index (κ2) is 10.8. The summed E-state index contributed by atoms with van der Waals surface area (Å²) in [6.07, 6.45) is 3.18. The van der Waals surface area contributed by atoms with Crippen molar-refractivity contribution in [1.82, 2.24) is 15.3 Å². The molecule has 192 valence electrons. The topological polar surface area (TPSA) is 105 Å². The molecule has 0 amide bonds. The number of anilines is 4. The van der Waals surface area contributed by atoms with E-state index in [-0.39, 0.29) is 22.3 Å². The summed E-state index contributed by atoms with van der Waals surface area (Å²) in [5.74, 6) is 0.414.